The van der Waals surface area contributed by atoms with Crippen LogP contribution in [0.4, 0.5) is 0 Å². The highest BCUT2D eigenvalue weighted by atomic mass is 16.1. The van der Waals surface area contributed by atoms with Crippen LogP contribution in [-0.4, -0.2) is 25.5 Å². The Hall–Kier alpha value is -0.830. The van der Waals surface area contributed by atoms with E-state index in [1.54, 1.807) is 6.92 Å². The smallest absolute Gasteiger partial charge is 0.246 e. The van der Waals surface area contributed by atoms with Gasteiger partial charge in [0.15, 0.2) is 0 Å². The number of carbonyl (C=O) groups excluding carboxylic acids is 1. The van der Waals surface area contributed by atoms with E-state index in [2.05, 4.69) is 31.1 Å². The van der Waals surface area contributed by atoms with Gasteiger partial charge in [-0.15, -0.1) is 0 Å². The van der Waals surface area contributed by atoms with E-state index in [9.17, 15) is 4.79 Å². The molecule has 1 heterocycles. The Morgan fingerprint density at radius 2 is 2.00 bits per heavy atom. The average molecular weight is 224 g/mol. The van der Waals surface area contributed by atoms with E-state index in [-0.39, 0.29) is 11.3 Å². The summed E-state index contributed by atoms with van der Waals surface area (Å²) >= 11 is 0. The van der Waals surface area contributed by atoms with Gasteiger partial charge < -0.3 is 10.6 Å². The van der Waals surface area contributed by atoms with Gasteiger partial charge in [-0.3, -0.25) is 4.79 Å². The number of nitrogens with one attached hydrogen (secondary N) is 2. The average Bonchev–Trinajstić information content (AvgIpc) is 2.27. The van der Waals surface area contributed by atoms with Crippen LogP contribution < -0.4 is 10.6 Å². The minimum Gasteiger partial charge on any atom is -0.352 e. The van der Waals surface area contributed by atoms with E-state index in [0.29, 0.717) is 11.5 Å². The molecule has 0 saturated carbocycles. The molecule has 0 spiro atoms. The normalized spacial score (nSPS) is 18.2. The zero-order chi connectivity index (χ0) is 12.2. The molecule has 0 radical (unpaired) electrons. The van der Waals surface area contributed by atoms with Crippen LogP contribution in [-0.2, 0) is 4.79 Å². The van der Waals surface area contributed by atoms with Crippen LogP contribution in [0, 0.1) is 11.3 Å². The van der Waals surface area contributed by atoms with Crippen molar-refractivity contribution in [2.75, 3.05) is 19.6 Å². The van der Waals surface area contributed by atoms with Crippen molar-refractivity contribution in [2.45, 2.75) is 33.6 Å². The number of amides is 1. The highest BCUT2D eigenvalue weighted by Gasteiger charge is 2.30. The van der Waals surface area contributed by atoms with E-state index in [1.165, 1.54) is 12.8 Å². The predicted molar refractivity (Wildman–Crippen MR) is 67.2 cm³/mol. The van der Waals surface area contributed by atoms with Gasteiger partial charge in [-0.2, -0.15) is 0 Å². The molecule has 0 aliphatic carbocycles. The second kappa shape index (κ2) is 5.48. The molecule has 1 aliphatic heterocycles. The summed E-state index contributed by atoms with van der Waals surface area (Å²) in [6, 6.07) is 0. The van der Waals surface area contributed by atoms with Crippen molar-refractivity contribution in [3.8, 4) is 0 Å². The van der Waals surface area contributed by atoms with Crippen LogP contribution in [0.15, 0.2) is 12.2 Å². The highest BCUT2D eigenvalue weighted by Crippen LogP contribution is 2.32. The van der Waals surface area contributed by atoms with Gasteiger partial charge in [0.1, 0.15) is 0 Å². The van der Waals surface area contributed by atoms with E-state index >= 15 is 0 Å². The maximum Gasteiger partial charge on any atom is 0.246 e. The first-order chi connectivity index (χ1) is 7.43. The summed E-state index contributed by atoms with van der Waals surface area (Å²) in [7, 11) is 0. The molecule has 3 nitrogen and oxygen atoms in total. The number of carbonyl (C=O) groups is 1. The lowest BCUT2D eigenvalue weighted by atomic mass is 9.74. The van der Waals surface area contributed by atoms with Gasteiger partial charge in [0.25, 0.3) is 0 Å². The number of hydrogen-bond acceptors (Lipinski definition) is 2. The largest absolute Gasteiger partial charge is 0.352 e. The molecule has 1 amide bonds. The summed E-state index contributed by atoms with van der Waals surface area (Å²) in [4.78, 5) is 11.4. The predicted octanol–water partition coefficient (Wildman–Crippen LogP) is 1.70. The van der Waals surface area contributed by atoms with E-state index in [1.807, 2.05) is 0 Å². The molecule has 1 rings (SSSR count). The highest BCUT2D eigenvalue weighted by molar-refractivity contribution is 5.92. The minimum absolute atomic E-state index is 0.0259. The van der Waals surface area contributed by atoms with Crippen molar-refractivity contribution >= 4 is 5.91 Å². The molecule has 0 unspecified atom stereocenters. The van der Waals surface area contributed by atoms with Crippen molar-refractivity contribution in [3.05, 3.63) is 12.2 Å². The summed E-state index contributed by atoms with van der Waals surface area (Å²) in [5, 5.41) is 6.33. The molecule has 1 aliphatic rings. The Kier molecular flexibility index (Phi) is 4.54. The zero-order valence-electron chi connectivity index (χ0n) is 10.7. The van der Waals surface area contributed by atoms with E-state index in [4.69, 9.17) is 0 Å². The summed E-state index contributed by atoms with van der Waals surface area (Å²) in [6.07, 6.45) is 2.41. The summed E-state index contributed by atoms with van der Waals surface area (Å²) in [6.45, 7) is 12.8. The van der Waals surface area contributed by atoms with Gasteiger partial charge in [-0.1, -0.05) is 20.4 Å². The molecule has 0 aromatic heterocycles. The lowest BCUT2D eigenvalue weighted by Crippen LogP contribution is -2.42. The van der Waals surface area contributed by atoms with Gasteiger partial charge >= 0.3 is 0 Å². The van der Waals surface area contributed by atoms with Crippen LogP contribution in [0.25, 0.3) is 0 Å². The SMILES string of the molecule is C=C(C)C(=O)NCC(C)(C)C1CCNCC1. The standard InChI is InChI=1S/C13H24N2O/c1-10(2)12(16)15-9-13(3,4)11-5-7-14-8-6-11/h11,14H,1,5-9H2,2-4H3,(H,15,16). The Bertz CT molecular complexity index is 265. The topological polar surface area (TPSA) is 41.1 Å². The summed E-state index contributed by atoms with van der Waals surface area (Å²) in [5.41, 5.74) is 0.758. The molecule has 0 aromatic carbocycles. The second-order valence-electron chi connectivity index (χ2n) is 5.48. The van der Waals surface area contributed by atoms with E-state index < -0.39 is 0 Å². The molecule has 0 aromatic rings. The third-order valence-corrected chi connectivity index (χ3v) is 3.54. The van der Waals surface area contributed by atoms with Crippen molar-refractivity contribution in [2.24, 2.45) is 11.3 Å². The molecule has 1 saturated heterocycles. The number of rotatable bonds is 4. The zero-order valence-corrected chi connectivity index (χ0v) is 10.7. The van der Waals surface area contributed by atoms with Crippen LogP contribution in [0.1, 0.15) is 33.6 Å². The third-order valence-electron chi connectivity index (χ3n) is 3.54. The van der Waals surface area contributed by atoms with Gasteiger partial charge in [-0.05, 0) is 44.2 Å². The molecule has 3 heteroatoms. The fourth-order valence-corrected chi connectivity index (χ4v) is 2.21. The first kappa shape index (κ1) is 13.2. The second-order valence-corrected chi connectivity index (χ2v) is 5.48. The Labute approximate surface area is 98.7 Å². The van der Waals surface area contributed by atoms with E-state index in [0.717, 1.165) is 19.6 Å². The Morgan fingerprint density at radius 1 is 1.44 bits per heavy atom. The molecule has 16 heavy (non-hydrogen) atoms. The lowest BCUT2D eigenvalue weighted by Gasteiger charge is -2.37. The fourth-order valence-electron chi connectivity index (χ4n) is 2.21. The van der Waals surface area contributed by atoms with Crippen LogP contribution in [0.2, 0.25) is 0 Å². The van der Waals surface area contributed by atoms with Gasteiger partial charge in [-0.25, -0.2) is 0 Å². The Morgan fingerprint density at radius 3 is 2.50 bits per heavy atom. The molecule has 92 valence electrons. The minimum atomic E-state index is -0.0259. The first-order valence-electron chi connectivity index (χ1n) is 6.08. The van der Waals surface area contributed by atoms with Crippen LogP contribution in [0.3, 0.4) is 0 Å². The number of hydrogen-bond donors (Lipinski definition) is 2. The Balaban J connectivity index is 2.43. The van der Waals surface area contributed by atoms with Gasteiger partial charge in [0.2, 0.25) is 5.91 Å². The van der Waals surface area contributed by atoms with Crippen molar-refractivity contribution in [3.63, 3.8) is 0 Å². The van der Waals surface area contributed by atoms with Crippen molar-refractivity contribution in [1.29, 1.82) is 0 Å². The molecule has 0 bridgehead atoms. The molecule has 0 atom stereocenters. The summed E-state index contributed by atoms with van der Waals surface area (Å²) < 4.78 is 0. The van der Waals surface area contributed by atoms with Crippen LogP contribution in [0.5, 0.6) is 0 Å². The number of piperidine rings is 1. The van der Waals surface area contributed by atoms with Gasteiger partial charge in [0, 0.05) is 12.1 Å². The lowest BCUT2D eigenvalue weighted by molar-refractivity contribution is -0.118. The molecular formula is C13H24N2O. The fraction of sp³-hybridized carbons (Fsp3) is 0.769. The third kappa shape index (κ3) is 3.63. The molecular weight excluding hydrogens is 200 g/mol. The maximum absolute atomic E-state index is 11.4. The molecule has 1 fully saturated rings. The summed E-state index contributed by atoms with van der Waals surface area (Å²) in [5.74, 6) is 0.668. The van der Waals surface area contributed by atoms with Gasteiger partial charge in [0.05, 0.1) is 0 Å². The maximum atomic E-state index is 11.4. The van der Waals surface area contributed by atoms with Crippen molar-refractivity contribution < 1.29 is 4.79 Å². The molecule has 2 N–H and O–H groups in total. The first-order valence-corrected chi connectivity index (χ1v) is 6.08. The monoisotopic (exact) mass is 224 g/mol. The van der Waals surface area contributed by atoms with Crippen molar-refractivity contribution in [1.82, 2.24) is 10.6 Å². The van der Waals surface area contributed by atoms with Crippen LogP contribution >= 0.6 is 0 Å². The quantitative estimate of drug-likeness (QED) is 0.714.